The number of benzene rings is 1. The third-order valence-corrected chi connectivity index (χ3v) is 5.80. The molecule has 0 atom stereocenters. The maximum absolute atomic E-state index is 12.1. The molecule has 1 saturated heterocycles. The lowest BCUT2D eigenvalue weighted by Crippen LogP contribution is -2.29. The Morgan fingerprint density at radius 3 is 2.67 bits per heavy atom. The van der Waals surface area contributed by atoms with Crippen LogP contribution in [-0.2, 0) is 9.59 Å². The minimum atomic E-state index is -0.137. The van der Waals surface area contributed by atoms with Crippen molar-refractivity contribution in [3.8, 4) is 17.0 Å². The zero-order valence-electron chi connectivity index (χ0n) is 15.3. The van der Waals surface area contributed by atoms with E-state index in [1.807, 2.05) is 41.5 Å². The number of likely N-dealkylation sites (tertiary alicyclic amines) is 1. The Bertz CT molecular complexity index is 771. The maximum Gasteiger partial charge on any atom is 0.236 e. The van der Waals surface area contributed by atoms with Gasteiger partial charge in [0.2, 0.25) is 11.8 Å². The van der Waals surface area contributed by atoms with Crippen LogP contribution in [0, 0.1) is 0 Å². The van der Waals surface area contributed by atoms with Gasteiger partial charge in [0, 0.05) is 24.0 Å². The van der Waals surface area contributed by atoms with Gasteiger partial charge in [0.15, 0.2) is 5.13 Å². The minimum Gasteiger partial charge on any atom is -0.494 e. The molecule has 0 aliphatic carbocycles. The summed E-state index contributed by atoms with van der Waals surface area (Å²) in [4.78, 5) is 30.4. The Hall–Kier alpha value is -2.06. The Balaban J connectivity index is 1.45. The van der Waals surface area contributed by atoms with E-state index in [1.54, 1.807) is 0 Å². The predicted molar refractivity (Wildman–Crippen MR) is 110 cm³/mol. The third kappa shape index (κ3) is 5.71. The molecule has 0 radical (unpaired) electrons. The standard InChI is InChI=1S/C19H23N3O3S2/c1-2-25-15-7-5-14(6-8-15)16-11-27-19(20-16)21-17(23)12-26-13-18(24)22-9-3-4-10-22/h5-8,11H,2-4,9-10,12-13H2,1H3,(H,20,21,23). The number of anilines is 1. The van der Waals surface area contributed by atoms with Crippen LogP contribution in [-0.4, -0.2) is 52.9 Å². The van der Waals surface area contributed by atoms with Crippen molar-refractivity contribution in [2.75, 3.05) is 36.5 Å². The van der Waals surface area contributed by atoms with Gasteiger partial charge in [-0.05, 0) is 44.0 Å². The molecule has 0 spiro atoms. The first-order chi connectivity index (χ1) is 13.2. The average Bonchev–Trinajstić information content (AvgIpc) is 3.34. The van der Waals surface area contributed by atoms with Crippen LogP contribution in [0.2, 0.25) is 0 Å². The number of hydrogen-bond donors (Lipinski definition) is 1. The number of rotatable bonds is 8. The molecule has 1 aliphatic rings. The molecule has 0 unspecified atom stereocenters. The highest BCUT2D eigenvalue weighted by atomic mass is 32.2. The summed E-state index contributed by atoms with van der Waals surface area (Å²) in [5.41, 5.74) is 1.79. The Labute approximate surface area is 167 Å². The predicted octanol–water partition coefficient (Wildman–Crippen LogP) is 3.50. The molecular weight excluding hydrogens is 382 g/mol. The van der Waals surface area contributed by atoms with Crippen LogP contribution in [0.4, 0.5) is 5.13 Å². The van der Waals surface area contributed by atoms with Gasteiger partial charge in [0.05, 0.1) is 23.8 Å². The number of carbonyl (C=O) groups excluding carboxylic acids is 2. The number of amides is 2. The Kier molecular flexibility index (Phi) is 7.11. The van der Waals surface area contributed by atoms with Crippen LogP contribution in [0.15, 0.2) is 29.6 Å². The molecular formula is C19H23N3O3S2. The topological polar surface area (TPSA) is 71.5 Å². The van der Waals surface area contributed by atoms with Gasteiger partial charge in [0.25, 0.3) is 0 Å². The summed E-state index contributed by atoms with van der Waals surface area (Å²) in [6.07, 6.45) is 2.16. The first-order valence-corrected chi connectivity index (χ1v) is 11.0. The number of carbonyl (C=O) groups is 2. The van der Waals surface area contributed by atoms with E-state index in [-0.39, 0.29) is 17.6 Å². The largest absolute Gasteiger partial charge is 0.494 e. The number of aromatic nitrogens is 1. The lowest BCUT2D eigenvalue weighted by atomic mass is 10.2. The normalized spacial score (nSPS) is 13.6. The van der Waals surface area contributed by atoms with Crippen molar-refractivity contribution in [2.24, 2.45) is 0 Å². The number of ether oxygens (including phenoxy) is 1. The second-order valence-electron chi connectivity index (χ2n) is 6.12. The van der Waals surface area contributed by atoms with E-state index in [0.29, 0.717) is 17.5 Å². The first-order valence-electron chi connectivity index (χ1n) is 9.00. The van der Waals surface area contributed by atoms with Crippen LogP contribution in [0.3, 0.4) is 0 Å². The van der Waals surface area contributed by atoms with Gasteiger partial charge in [-0.1, -0.05) is 0 Å². The summed E-state index contributed by atoms with van der Waals surface area (Å²) < 4.78 is 5.44. The van der Waals surface area contributed by atoms with Crippen molar-refractivity contribution in [2.45, 2.75) is 19.8 Å². The molecule has 1 aliphatic heterocycles. The summed E-state index contributed by atoms with van der Waals surface area (Å²) in [5, 5.41) is 5.28. The Morgan fingerprint density at radius 2 is 1.96 bits per heavy atom. The van der Waals surface area contributed by atoms with Gasteiger partial charge >= 0.3 is 0 Å². The minimum absolute atomic E-state index is 0.123. The molecule has 0 saturated carbocycles. The van der Waals surface area contributed by atoms with Crippen LogP contribution >= 0.6 is 23.1 Å². The van der Waals surface area contributed by atoms with Crippen molar-refractivity contribution in [3.63, 3.8) is 0 Å². The SMILES string of the molecule is CCOc1ccc(-c2csc(NC(=O)CSCC(=O)N3CCCC3)n2)cc1. The van der Waals surface area contributed by atoms with Crippen LogP contribution in [0.25, 0.3) is 11.3 Å². The number of thiazole rings is 1. The first kappa shape index (κ1) is 19.7. The van der Waals surface area contributed by atoms with Crippen molar-refractivity contribution >= 4 is 40.0 Å². The van der Waals surface area contributed by atoms with Gasteiger partial charge in [-0.15, -0.1) is 23.1 Å². The van der Waals surface area contributed by atoms with Gasteiger partial charge < -0.3 is 15.0 Å². The van der Waals surface area contributed by atoms with Crippen LogP contribution in [0.1, 0.15) is 19.8 Å². The monoisotopic (exact) mass is 405 g/mol. The van der Waals surface area contributed by atoms with E-state index in [9.17, 15) is 9.59 Å². The van der Waals surface area contributed by atoms with Crippen molar-refractivity contribution < 1.29 is 14.3 Å². The van der Waals surface area contributed by atoms with E-state index < -0.39 is 0 Å². The second-order valence-corrected chi connectivity index (χ2v) is 7.97. The lowest BCUT2D eigenvalue weighted by molar-refractivity contribution is -0.127. The molecule has 144 valence electrons. The molecule has 2 heterocycles. The molecule has 3 rings (SSSR count). The van der Waals surface area contributed by atoms with E-state index in [0.717, 1.165) is 42.9 Å². The number of nitrogens with one attached hydrogen (secondary N) is 1. The van der Waals surface area contributed by atoms with Gasteiger partial charge in [0.1, 0.15) is 5.75 Å². The zero-order valence-corrected chi connectivity index (χ0v) is 16.9. The van der Waals surface area contributed by atoms with Crippen LogP contribution in [0.5, 0.6) is 5.75 Å². The van der Waals surface area contributed by atoms with Crippen molar-refractivity contribution in [1.82, 2.24) is 9.88 Å². The molecule has 1 aromatic heterocycles. The van der Waals surface area contributed by atoms with Crippen LogP contribution < -0.4 is 10.1 Å². The molecule has 0 bridgehead atoms. The zero-order chi connectivity index (χ0) is 19.1. The van der Waals surface area contributed by atoms with Gasteiger partial charge in [-0.25, -0.2) is 4.98 Å². The summed E-state index contributed by atoms with van der Waals surface area (Å²) in [6, 6.07) is 7.71. The molecule has 2 aromatic rings. The fourth-order valence-electron chi connectivity index (χ4n) is 2.80. The smallest absolute Gasteiger partial charge is 0.236 e. The molecule has 1 fully saturated rings. The highest BCUT2D eigenvalue weighted by Crippen LogP contribution is 2.26. The van der Waals surface area contributed by atoms with Gasteiger partial charge in [-0.2, -0.15) is 0 Å². The maximum atomic E-state index is 12.1. The molecule has 1 N–H and O–H groups in total. The number of hydrogen-bond acceptors (Lipinski definition) is 6. The van der Waals surface area contributed by atoms with Gasteiger partial charge in [-0.3, -0.25) is 9.59 Å². The highest BCUT2D eigenvalue weighted by molar-refractivity contribution is 8.00. The third-order valence-electron chi connectivity index (χ3n) is 4.13. The summed E-state index contributed by atoms with van der Waals surface area (Å²) in [6.45, 7) is 4.27. The van der Waals surface area contributed by atoms with Crippen molar-refractivity contribution in [1.29, 1.82) is 0 Å². The molecule has 27 heavy (non-hydrogen) atoms. The van der Waals surface area contributed by atoms with E-state index in [4.69, 9.17) is 4.74 Å². The number of nitrogens with zero attached hydrogens (tertiary/aromatic N) is 2. The molecule has 8 heteroatoms. The van der Waals surface area contributed by atoms with E-state index in [2.05, 4.69) is 10.3 Å². The summed E-state index contributed by atoms with van der Waals surface area (Å²) >= 11 is 2.73. The molecule has 2 amide bonds. The fraction of sp³-hybridized carbons (Fsp3) is 0.421. The second kappa shape index (κ2) is 9.75. The van der Waals surface area contributed by atoms with Crippen molar-refractivity contribution in [3.05, 3.63) is 29.6 Å². The average molecular weight is 406 g/mol. The quantitative estimate of drug-likeness (QED) is 0.728. The fourth-order valence-corrected chi connectivity index (χ4v) is 4.25. The Morgan fingerprint density at radius 1 is 1.22 bits per heavy atom. The number of thioether (sulfide) groups is 1. The molecule has 1 aromatic carbocycles. The summed E-state index contributed by atoms with van der Waals surface area (Å²) in [5.74, 6) is 1.41. The highest BCUT2D eigenvalue weighted by Gasteiger charge is 2.18. The van der Waals surface area contributed by atoms with E-state index in [1.165, 1.54) is 23.1 Å². The van der Waals surface area contributed by atoms with E-state index >= 15 is 0 Å². The summed E-state index contributed by atoms with van der Waals surface area (Å²) in [7, 11) is 0. The lowest BCUT2D eigenvalue weighted by Gasteiger charge is -2.14. The molecule has 6 nitrogen and oxygen atoms in total.